The van der Waals surface area contributed by atoms with Crippen molar-refractivity contribution in [3.63, 3.8) is 0 Å². The summed E-state index contributed by atoms with van der Waals surface area (Å²) in [7, 11) is 3.72. The summed E-state index contributed by atoms with van der Waals surface area (Å²) in [5.74, 6) is 3.35. The number of ether oxygens (including phenoxy) is 1. The second-order valence-electron chi connectivity index (χ2n) is 12.2. The number of amides is 1. The van der Waals surface area contributed by atoms with Gasteiger partial charge < -0.3 is 29.8 Å². The lowest BCUT2D eigenvalue weighted by Crippen LogP contribution is -2.41. The van der Waals surface area contributed by atoms with Crippen molar-refractivity contribution < 1.29 is 9.53 Å². The van der Waals surface area contributed by atoms with Gasteiger partial charge in [0.15, 0.2) is 5.82 Å². The molecule has 4 aliphatic rings. The number of hydrogen-bond donors (Lipinski definition) is 2. The van der Waals surface area contributed by atoms with E-state index in [1.54, 1.807) is 7.11 Å². The summed E-state index contributed by atoms with van der Waals surface area (Å²) in [5, 5.41) is 4.65. The standard InChI is InChI=1S/C31H36N6O2/c1-35-29-23(9-21(12-27(29)39-2)31(38)37-16-20-7-8-24(37)28(20)32)34-30(35)26-11-19-6-5-18(22-13-33-14-22)10-25(19)36(26)15-17-3-4-17/h5-6,9-12,17,20,22,24,28,33H,3-4,7-8,13-16,32H2,1-2H3/t20?,24?,28-/m1/s1. The molecule has 2 bridgehead atoms. The van der Waals surface area contributed by atoms with E-state index in [4.69, 9.17) is 15.5 Å². The van der Waals surface area contributed by atoms with Crippen LogP contribution >= 0.6 is 0 Å². The lowest BCUT2D eigenvalue weighted by Gasteiger charge is -2.27. The predicted octanol–water partition coefficient (Wildman–Crippen LogP) is 3.86. The number of likely N-dealkylation sites (tertiary alicyclic amines) is 1. The molecule has 4 fully saturated rings. The monoisotopic (exact) mass is 524 g/mol. The minimum atomic E-state index is 0.0333. The lowest BCUT2D eigenvalue weighted by atomic mass is 9.93. The zero-order valence-electron chi connectivity index (χ0n) is 22.7. The first kappa shape index (κ1) is 23.5. The van der Waals surface area contributed by atoms with Crippen molar-refractivity contribution in [1.82, 2.24) is 24.3 Å². The molecule has 3 atom stereocenters. The number of nitrogens with one attached hydrogen (secondary N) is 1. The van der Waals surface area contributed by atoms with Gasteiger partial charge in [-0.15, -0.1) is 0 Å². The molecule has 8 heteroatoms. The highest BCUT2D eigenvalue weighted by molar-refractivity contribution is 6.00. The van der Waals surface area contributed by atoms with E-state index < -0.39 is 0 Å². The van der Waals surface area contributed by atoms with E-state index in [0.29, 0.717) is 23.1 Å². The number of nitrogens with zero attached hydrogens (tertiary/aromatic N) is 4. The van der Waals surface area contributed by atoms with Gasteiger partial charge in [0.05, 0.1) is 18.3 Å². The number of benzene rings is 2. The highest BCUT2D eigenvalue weighted by atomic mass is 16.5. The molecule has 8 rings (SSSR count). The fourth-order valence-electron chi connectivity index (χ4n) is 7.26. The molecule has 2 aliphatic heterocycles. The molecule has 4 heterocycles. The molecule has 2 unspecified atom stereocenters. The van der Waals surface area contributed by atoms with E-state index in [-0.39, 0.29) is 18.0 Å². The van der Waals surface area contributed by atoms with E-state index in [0.717, 1.165) is 67.5 Å². The van der Waals surface area contributed by atoms with Gasteiger partial charge in [0, 0.05) is 67.7 Å². The van der Waals surface area contributed by atoms with Crippen molar-refractivity contribution in [2.24, 2.45) is 24.6 Å². The molecule has 1 amide bonds. The van der Waals surface area contributed by atoms with Crippen LogP contribution in [0, 0.1) is 11.8 Å². The third-order valence-electron chi connectivity index (χ3n) is 9.86. The Kier molecular flexibility index (Phi) is 5.17. The molecular formula is C31H36N6O2. The van der Waals surface area contributed by atoms with Crippen molar-refractivity contribution in [3.05, 3.63) is 47.5 Å². The van der Waals surface area contributed by atoms with Crippen LogP contribution in [0.3, 0.4) is 0 Å². The number of nitrogens with two attached hydrogens (primary N) is 1. The SMILES string of the molecule is COc1cc(C(=O)N2CC3CCC2[C@@H]3N)cc2nc(-c3cc4ccc(C5CNC5)cc4n3CC3CC3)n(C)c12. The van der Waals surface area contributed by atoms with Crippen LogP contribution < -0.4 is 15.8 Å². The summed E-state index contributed by atoms with van der Waals surface area (Å²) < 4.78 is 10.5. The van der Waals surface area contributed by atoms with E-state index in [1.165, 1.54) is 29.3 Å². The Morgan fingerprint density at radius 1 is 1.13 bits per heavy atom. The van der Waals surface area contributed by atoms with Crippen LogP contribution in [0.2, 0.25) is 0 Å². The number of piperidine rings is 1. The van der Waals surface area contributed by atoms with Crippen LogP contribution in [0.25, 0.3) is 33.5 Å². The lowest BCUT2D eigenvalue weighted by molar-refractivity contribution is 0.0700. The van der Waals surface area contributed by atoms with Crippen molar-refractivity contribution in [2.45, 2.75) is 50.2 Å². The normalized spacial score (nSPS) is 24.7. The Hall–Kier alpha value is -3.36. The number of carbonyl (C=O) groups is 1. The second kappa shape index (κ2) is 8.57. The number of imidazole rings is 1. The van der Waals surface area contributed by atoms with E-state index in [1.807, 2.05) is 17.0 Å². The van der Waals surface area contributed by atoms with Crippen LogP contribution in [-0.4, -0.2) is 63.8 Å². The van der Waals surface area contributed by atoms with Crippen molar-refractivity contribution >= 4 is 27.8 Å². The van der Waals surface area contributed by atoms with Gasteiger partial charge in [-0.2, -0.15) is 0 Å². The van der Waals surface area contributed by atoms with Gasteiger partial charge in [-0.1, -0.05) is 12.1 Å². The number of aromatic nitrogens is 3. The summed E-state index contributed by atoms with van der Waals surface area (Å²) in [5.41, 5.74) is 12.5. The van der Waals surface area contributed by atoms with Crippen LogP contribution in [0.1, 0.15) is 47.5 Å². The Bertz CT molecular complexity index is 1630. The molecule has 2 saturated carbocycles. The second-order valence-corrected chi connectivity index (χ2v) is 12.2. The Balaban J connectivity index is 1.24. The van der Waals surface area contributed by atoms with Crippen LogP contribution in [-0.2, 0) is 13.6 Å². The summed E-state index contributed by atoms with van der Waals surface area (Å²) in [6.45, 7) is 3.86. The summed E-state index contributed by atoms with van der Waals surface area (Å²) in [6, 6.07) is 13.3. The quantitative estimate of drug-likeness (QED) is 0.400. The van der Waals surface area contributed by atoms with E-state index in [9.17, 15) is 4.79 Å². The number of fused-ring (bicyclic) bond motifs is 4. The molecule has 3 N–H and O–H groups in total. The zero-order valence-corrected chi connectivity index (χ0v) is 22.7. The number of rotatable bonds is 6. The molecule has 2 saturated heterocycles. The number of methoxy groups -OCH3 is 1. The molecule has 0 spiro atoms. The Morgan fingerprint density at radius 3 is 2.64 bits per heavy atom. The van der Waals surface area contributed by atoms with Crippen molar-refractivity contribution in [3.8, 4) is 17.3 Å². The number of hydrogen-bond acceptors (Lipinski definition) is 5. The van der Waals surface area contributed by atoms with Gasteiger partial charge in [-0.25, -0.2) is 4.98 Å². The smallest absolute Gasteiger partial charge is 0.254 e. The van der Waals surface area contributed by atoms with Crippen molar-refractivity contribution in [2.75, 3.05) is 26.7 Å². The van der Waals surface area contributed by atoms with E-state index >= 15 is 0 Å². The average Bonchev–Trinajstić information content (AvgIpc) is 3.32. The average molecular weight is 525 g/mol. The van der Waals surface area contributed by atoms with Gasteiger partial charge in [-0.05, 0) is 67.3 Å². The molecule has 2 aromatic carbocycles. The molecule has 39 heavy (non-hydrogen) atoms. The molecule has 2 aromatic heterocycles. The molecule has 4 aromatic rings. The van der Waals surface area contributed by atoms with E-state index in [2.05, 4.69) is 45.8 Å². The molecular weight excluding hydrogens is 488 g/mol. The highest BCUT2D eigenvalue weighted by Crippen LogP contribution is 2.40. The van der Waals surface area contributed by atoms with Gasteiger partial charge >= 0.3 is 0 Å². The third kappa shape index (κ3) is 3.57. The minimum Gasteiger partial charge on any atom is -0.494 e. The van der Waals surface area contributed by atoms with Gasteiger partial charge in [0.1, 0.15) is 11.3 Å². The van der Waals surface area contributed by atoms with Crippen LogP contribution in [0.15, 0.2) is 36.4 Å². The van der Waals surface area contributed by atoms with Crippen LogP contribution in [0.5, 0.6) is 5.75 Å². The third-order valence-corrected chi connectivity index (χ3v) is 9.86. The fraction of sp³-hybridized carbons (Fsp3) is 0.484. The first-order valence-electron chi connectivity index (χ1n) is 14.5. The maximum atomic E-state index is 13.6. The number of aryl methyl sites for hydroxylation is 1. The largest absolute Gasteiger partial charge is 0.494 e. The van der Waals surface area contributed by atoms with Crippen LogP contribution in [0.4, 0.5) is 0 Å². The molecule has 202 valence electrons. The first-order valence-corrected chi connectivity index (χ1v) is 14.5. The molecule has 8 nitrogen and oxygen atoms in total. The Morgan fingerprint density at radius 2 is 1.97 bits per heavy atom. The summed E-state index contributed by atoms with van der Waals surface area (Å²) in [6.07, 6.45) is 4.69. The molecule has 2 aliphatic carbocycles. The number of carbonyl (C=O) groups excluding carboxylic acids is 1. The van der Waals surface area contributed by atoms with Gasteiger partial charge in [0.25, 0.3) is 5.91 Å². The minimum absolute atomic E-state index is 0.0333. The Labute approximate surface area is 228 Å². The summed E-state index contributed by atoms with van der Waals surface area (Å²) >= 11 is 0. The maximum Gasteiger partial charge on any atom is 0.254 e. The topological polar surface area (TPSA) is 90.3 Å². The maximum absolute atomic E-state index is 13.6. The highest BCUT2D eigenvalue weighted by Gasteiger charge is 2.47. The van der Waals surface area contributed by atoms with Gasteiger partial charge in [0.2, 0.25) is 0 Å². The predicted molar refractivity (Wildman–Crippen MR) is 152 cm³/mol. The van der Waals surface area contributed by atoms with Gasteiger partial charge in [-0.3, -0.25) is 4.79 Å². The fourth-order valence-corrected chi connectivity index (χ4v) is 7.26. The summed E-state index contributed by atoms with van der Waals surface area (Å²) in [4.78, 5) is 20.8. The molecule has 0 radical (unpaired) electrons. The van der Waals surface area contributed by atoms with Crippen molar-refractivity contribution in [1.29, 1.82) is 0 Å². The zero-order chi connectivity index (χ0) is 26.4. The first-order chi connectivity index (χ1) is 19.0.